The van der Waals surface area contributed by atoms with Crippen molar-refractivity contribution in [3.63, 3.8) is 0 Å². The Morgan fingerprint density at radius 3 is 1.60 bits per heavy atom. The second-order valence-electron chi connectivity index (χ2n) is 5.10. The molecule has 0 bridgehead atoms. The van der Waals surface area contributed by atoms with Gasteiger partial charge in [0.2, 0.25) is 0 Å². The van der Waals surface area contributed by atoms with Gasteiger partial charge in [0.15, 0.2) is 0 Å². The minimum Gasteiger partial charge on any atom is -0.0796 e. The zero-order valence-electron chi connectivity index (χ0n) is 11.6. The minimum absolute atomic E-state index is 0. The minimum atomic E-state index is 0. The molecular weight excluding hydrogens is 251 g/mol. The number of rotatable bonds is 2. The van der Waals surface area contributed by atoms with Crippen molar-refractivity contribution in [2.24, 2.45) is 0 Å². The maximum absolute atomic E-state index is 2.37. The summed E-state index contributed by atoms with van der Waals surface area (Å²) in [6.45, 7) is 0. The second-order valence-corrected chi connectivity index (χ2v) is 6.68. The van der Waals surface area contributed by atoms with E-state index in [4.69, 9.17) is 0 Å². The molecule has 0 amide bonds. The van der Waals surface area contributed by atoms with Crippen molar-refractivity contribution in [2.45, 2.75) is 11.1 Å². The molecule has 4 rings (SSSR count). The molecule has 2 radical (unpaired) electrons. The van der Waals surface area contributed by atoms with Crippen LogP contribution in [0.2, 0.25) is 0 Å². The van der Waals surface area contributed by atoms with Crippen LogP contribution < -0.4 is 18.9 Å². The smallest absolute Gasteiger partial charge is 0.0796 e. The van der Waals surface area contributed by atoms with Gasteiger partial charge in [0.1, 0.15) is 0 Å². The summed E-state index contributed by atoms with van der Waals surface area (Å²) in [5, 5.41) is 0. The van der Waals surface area contributed by atoms with Crippen molar-refractivity contribution in [1.82, 2.24) is 0 Å². The van der Waals surface area contributed by atoms with Gasteiger partial charge in [0, 0.05) is 0 Å². The zero-order valence-corrected chi connectivity index (χ0v) is 12.6. The number of hydrogen-bond acceptors (Lipinski definition) is 0. The third-order valence-corrected chi connectivity index (χ3v) is 5.68. The van der Waals surface area contributed by atoms with Crippen LogP contribution in [0.3, 0.4) is 0 Å². The van der Waals surface area contributed by atoms with E-state index in [-0.39, 0.29) is 18.9 Å². The summed E-state index contributed by atoms with van der Waals surface area (Å²) in [6, 6.07) is 17.5. The molecule has 0 aliphatic heterocycles. The van der Waals surface area contributed by atoms with Gasteiger partial charge in [0.05, 0.1) is 9.52 Å². The third kappa shape index (κ3) is 2.27. The van der Waals surface area contributed by atoms with Crippen LogP contribution in [0.25, 0.3) is 12.2 Å². The molecule has 2 heteroatoms. The molecule has 2 aliphatic rings. The molecule has 0 spiro atoms. The average molecular weight is 265 g/mol. The Bertz CT molecular complexity index is 628. The van der Waals surface area contributed by atoms with Crippen LogP contribution in [0.15, 0.2) is 60.7 Å². The first-order chi connectivity index (χ1) is 9.42. The van der Waals surface area contributed by atoms with Gasteiger partial charge in [0.25, 0.3) is 0 Å². The molecule has 0 N–H and O–H groups in total. The van der Waals surface area contributed by atoms with Crippen molar-refractivity contribution in [3.05, 3.63) is 82.9 Å². The SMILES string of the molecule is C1=CC([Si]C2C=Cc3ccccc32)c2ccccc21.[Li+]. The van der Waals surface area contributed by atoms with Crippen LogP contribution in [-0.2, 0) is 0 Å². The number of benzene rings is 2. The van der Waals surface area contributed by atoms with E-state index >= 15 is 0 Å². The van der Waals surface area contributed by atoms with Crippen molar-refractivity contribution < 1.29 is 18.9 Å². The molecule has 2 atom stereocenters. The molecule has 0 heterocycles. The standard InChI is InChI=1S/C18H14Si.Li/c1-3-7-15-13(5-1)9-11-17(15)19-18-12-10-14-6-2-4-8-16(14)18;/h1-12,17-18H;/q;+1. The van der Waals surface area contributed by atoms with Gasteiger partial charge in [-0.05, 0) is 33.3 Å². The Kier molecular flexibility index (Phi) is 3.85. The average Bonchev–Trinajstić information content (AvgIpc) is 3.05. The van der Waals surface area contributed by atoms with E-state index in [9.17, 15) is 0 Å². The Morgan fingerprint density at radius 2 is 1.10 bits per heavy atom. The van der Waals surface area contributed by atoms with Crippen molar-refractivity contribution >= 4 is 21.7 Å². The van der Waals surface area contributed by atoms with Crippen LogP contribution in [0, 0.1) is 0 Å². The van der Waals surface area contributed by atoms with E-state index in [1.807, 2.05) is 0 Å². The van der Waals surface area contributed by atoms with Gasteiger partial charge in [-0.25, -0.2) is 0 Å². The van der Waals surface area contributed by atoms with Gasteiger partial charge in [-0.15, -0.1) is 0 Å². The Labute approximate surface area is 134 Å². The van der Waals surface area contributed by atoms with Crippen molar-refractivity contribution in [1.29, 1.82) is 0 Å². The van der Waals surface area contributed by atoms with Crippen LogP contribution in [0.5, 0.6) is 0 Å². The molecule has 0 saturated carbocycles. The first-order valence-corrected chi connectivity index (χ1v) is 7.87. The Hall–Kier alpha value is -1.27. The number of hydrogen-bond donors (Lipinski definition) is 0. The predicted molar refractivity (Wildman–Crippen MR) is 82.2 cm³/mol. The summed E-state index contributed by atoms with van der Waals surface area (Å²) < 4.78 is 0. The van der Waals surface area contributed by atoms with E-state index in [2.05, 4.69) is 72.8 Å². The van der Waals surface area contributed by atoms with Crippen molar-refractivity contribution in [2.75, 3.05) is 0 Å². The fourth-order valence-corrected chi connectivity index (χ4v) is 4.67. The second kappa shape index (κ2) is 5.62. The van der Waals surface area contributed by atoms with Crippen molar-refractivity contribution in [3.8, 4) is 0 Å². The molecule has 2 aromatic carbocycles. The van der Waals surface area contributed by atoms with Gasteiger partial charge < -0.3 is 0 Å². The molecule has 20 heavy (non-hydrogen) atoms. The summed E-state index contributed by atoms with van der Waals surface area (Å²) in [7, 11) is 0.900. The van der Waals surface area contributed by atoms with E-state index in [0.29, 0.717) is 11.1 Å². The summed E-state index contributed by atoms with van der Waals surface area (Å²) in [4.78, 5) is 0. The largest absolute Gasteiger partial charge is 1.00 e. The molecular formula is C18H14LiSi+. The van der Waals surface area contributed by atoms with Gasteiger partial charge in [-0.1, -0.05) is 72.8 Å². The topological polar surface area (TPSA) is 0 Å². The first-order valence-electron chi connectivity index (χ1n) is 6.72. The normalized spacial score (nSPS) is 21.4. The molecule has 0 saturated heterocycles. The summed E-state index contributed by atoms with van der Waals surface area (Å²) in [5.74, 6) is 0. The molecule has 0 fully saturated rings. The zero-order chi connectivity index (χ0) is 12.7. The van der Waals surface area contributed by atoms with Crippen LogP contribution in [0.4, 0.5) is 0 Å². The molecule has 90 valence electrons. The number of fused-ring (bicyclic) bond motifs is 2. The summed E-state index contributed by atoms with van der Waals surface area (Å²) in [5.41, 5.74) is 6.98. The van der Waals surface area contributed by atoms with E-state index in [0.717, 1.165) is 9.52 Å². The summed E-state index contributed by atoms with van der Waals surface area (Å²) >= 11 is 0. The monoisotopic (exact) mass is 265 g/mol. The molecule has 0 nitrogen and oxygen atoms in total. The third-order valence-electron chi connectivity index (χ3n) is 3.96. The van der Waals surface area contributed by atoms with Crippen LogP contribution in [-0.4, -0.2) is 9.52 Å². The van der Waals surface area contributed by atoms with E-state index in [1.54, 1.807) is 0 Å². The van der Waals surface area contributed by atoms with Gasteiger partial charge >= 0.3 is 18.9 Å². The maximum Gasteiger partial charge on any atom is 1.00 e. The Balaban J connectivity index is 0.00000121. The fraction of sp³-hybridized carbons (Fsp3) is 0.111. The van der Waals surface area contributed by atoms with E-state index < -0.39 is 0 Å². The molecule has 0 aromatic heterocycles. The fourth-order valence-electron chi connectivity index (χ4n) is 2.98. The predicted octanol–water partition coefficient (Wildman–Crippen LogP) is 1.23. The van der Waals surface area contributed by atoms with Crippen LogP contribution >= 0.6 is 0 Å². The maximum atomic E-state index is 2.37. The molecule has 2 unspecified atom stereocenters. The molecule has 2 aliphatic carbocycles. The molecule has 2 aromatic rings. The number of allylic oxidation sites excluding steroid dienone is 2. The van der Waals surface area contributed by atoms with E-state index in [1.165, 1.54) is 22.3 Å². The van der Waals surface area contributed by atoms with Gasteiger partial charge in [-0.2, -0.15) is 0 Å². The summed E-state index contributed by atoms with van der Waals surface area (Å²) in [6.07, 6.45) is 9.30. The van der Waals surface area contributed by atoms with Gasteiger partial charge in [-0.3, -0.25) is 0 Å². The Morgan fingerprint density at radius 1 is 0.650 bits per heavy atom. The van der Waals surface area contributed by atoms with Crippen LogP contribution in [0.1, 0.15) is 33.3 Å². The quantitative estimate of drug-likeness (QED) is 0.717. The first kappa shape index (κ1) is 13.7.